The number of aliphatic hydroxyl groups excluding tert-OH is 1. The fraction of sp³-hybridized carbons (Fsp3) is 0.333. The number of amides is 1. The van der Waals surface area contributed by atoms with Gasteiger partial charge in [-0.15, -0.1) is 0 Å². The highest BCUT2D eigenvalue weighted by Gasteiger charge is 2.23. The van der Waals surface area contributed by atoms with Crippen molar-refractivity contribution in [2.45, 2.75) is 26.0 Å². The Morgan fingerprint density at radius 2 is 1.93 bits per heavy atom. The minimum atomic E-state index is -0.697. The van der Waals surface area contributed by atoms with Gasteiger partial charge < -0.3 is 15.2 Å². The summed E-state index contributed by atoms with van der Waals surface area (Å²) < 4.78 is 4.82. The number of benzene rings is 2. The summed E-state index contributed by atoms with van der Waals surface area (Å²) in [5.41, 5.74) is 3.84. The van der Waals surface area contributed by atoms with Crippen LogP contribution in [0.4, 0.5) is 0 Å². The standard InChI is InChI=1S/C21H25NO4S/c1-14-6-4-5-7-16(14)18-12-15(13-23)8-9-17(18)20(24)22-19(10-11-27-3)21(25)26-2/h4-9,12,19,23H,10-11,13H2,1-3H3,(H,22,24). The molecular formula is C21H25NO4S. The van der Waals surface area contributed by atoms with E-state index >= 15 is 0 Å². The average Bonchev–Trinajstić information content (AvgIpc) is 2.70. The number of hydrogen-bond donors (Lipinski definition) is 2. The fourth-order valence-electron chi connectivity index (χ4n) is 2.85. The van der Waals surface area contributed by atoms with Crippen molar-refractivity contribution >= 4 is 23.6 Å². The molecule has 2 N–H and O–H groups in total. The molecule has 5 nitrogen and oxygen atoms in total. The van der Waals surface area contributed by atoms with E-state index in [4.69, 9.17) is 4.74 Å². The van der Waals surface area contributed by atoms with E-state index in [0.29, 0.717) is 12.0 Å². The SMILES string of the molecule is COC(=O)C(CCSC)NC(=O)c1ccc(CO)cc1-c1ccccc1C. The van der Waals surface area contributed by atoms with E-state index < -0.39 is 12.0 Å². The van der Waals surface area contributed by atoms with Crippen molar-refractivity contribution in [1.82, 2.24) is 5.32 Å². The van der Waals surface area contributed by atoms with E-state index in [2.05, 4.69) is 5.32 Å². The number of carbonyl (C=O) groups excluding carboxylic acids is 2. The Balaban J connectivity index is 2.40. The lowest BCUT2D eigenvalue weighted by Gasteiger charge is -2.18. The third-order valence-electron chi connectivity index (χ3n) is 4.35. The molecule has 0 aliphatic rings. The molecule has 1 unspecified atom stereocenters. The number of aryl methyl sites for hydroxylation is 1. The molecule has 1 amide bonds. The smallest absolute Gasteiger partial charge is 0.328 e. The largest absolute Gasteiger partial charge is 0.467 e. The molecule has 0 aliphatic heterocycles. The summed E-state index contributed by atoms with van der Waals surface area (Å²) in [7, 11) is 1.31. The van der Waals surface area contributed by atoms with Crippen molar-refractivity contribution in [2.24, 2.45) is 0 Å². The summed E-state index contributed by atoms with van der Waals surface area (Å²) in [4.78, 5) is 25.0. The normalized spacial score (nSPS) is 11.7. The van der Waals surface area contributed by atoms with Gasteiger partial charge in [0.1, 0.15) is 6.04 Å². The van der Waals surface area contributed by atoms with Crippen molar-refractivity contribution in [1.29, 1.82) is 0 Å². The molecular weight excluding hydrogens is 362 g/mol. The zero-order valence-electron chi connectivity index (χ0n) is 15.8. The highest BCUT2D eigenvalue weighted by molar-refractivity contribution is 7.98. The summed E-state index contributed by atoms with van der Waals surface area (Å²) in [6.07, 6.45) is 2.44. The Hall–Kier alpha value is -2.31. The lowest BCUT2D eigenvalue weighted by Crippen LogP contribution is -2.42. The van der Waals surface area contributed by atoms with Gasteiger partial charge in [0.25, 0.3) is 5.91 Å². The van der Waals surface area contributed by atoms with Crippen LogP contribution in [0.25, 0.3) is 11.1 Å². The first-order valence-electron chi connectivity index (χ1n) is 8.69. The number of methoxy groups -OCH3 is 1. The van der Waals surface area contributed by atoms with E-state index in [1.807, 2.05) is 43.5 Å². The molecule has 2 aromatic carbocycles. The number of rotatable bonds is 8. The zero-order valence-corrected chi connectivity index (χ0v) is 16.6. The van der Waals surface area contributed by atoms with Crippen LogP contribution in [0.3, 0.4) is 0 Å². The van der Waals surface area contributed by atoms with Crippen molar-refractivity contribution in [2.75, 3.05) is 19.1 Å². The second-order valence-electron chi connectivity index (χ2n) is 6.18. The number of aliphatic hydroxyl groups is 1. The molecule has 0 radical (unpaired) electrons. The summed E-state index contributed by atoms with van der Waals surface area (Å²) >= 11 is 1.60. The highest BCUT2D eigenvalue weighted by atomic mass is 32.2. The van der Waals surface area contributed by atoms with Crippen LogP contribution in [0.1, 0.15) is 27.9 Å². The maximum Gasteiger partial charge on any atom is 0.328 e. The van der Waals surface area contributed by atoms with Gasteiger partial charge in [0.05, 0.1) is 13.7 Å². The van der Waals surface area contributed by atoms with E-state index in [9.17, 15) is 14.7 Å². The number of carbonyl (C=O) groups is 2. The molecule has 6 heteroatoms. The molecule has 2 rings (SSSR count). The van der Waals surface area contributed by atoms with Crippen molar-refractivity contribution < 1.29 is 19.4 Å². The first-order valence-corrected chi connectivity index (χ1v) is 10.1. The predicted octanol–water partition coefficient (Wildman–Crippen LogP) is 3.18. The highest BCUT2D eigenvalue weighted by Crippen LogP contribution is 2.28. The van der Waals surface area contributed by atoms with Crippen LogP contribution in [0, 0.1) is 6.92 Å². The summed E-state index contributed by atoms with van der Waals surface area (Å²) in [6.45, 7) is 1.86. The third-order valence-corrected chi connectivity index (χ3v) is 4.99. The minimum Gasteiger partial charge on any atom is -0.467 e. The maximum absolute atomic E-state index is 13.0. The number of hydrogen-bond acceptors (Lipinski definition) is 5. The Morgan fingerprint density at radius 1 is 1.19 bits per heavy atom. The molecule has 0 fully saturated rings. The Morgan fingerprint density at radius 3 is 2.56 bits per heavy atom. The van der Waals surface area contributed by atoms with Crippen molar-refractivity contribution in [3.8, 4) is 11.1 Å². The molecule has 0 saturated heterocycles. The minimum absolute atomic E-state index is 0.112. The van der Waals surface area contributed by atoms with Crippen molar-refractivity contribution in [3.63, 3.8) is 0 Å². The lowest BCUT2D eigenvalue weighted by molar-refractivity contribution is -0.142. The predicted molar refractivity (Wildman–Crippen MR) is 109 cm³/mol. The summed E-state index contributed by atoms with van der Waals surface area (Å²) in [5.74, 6) is -0.0650. The first-order chi connectivity index (χ1) is 13.0. The fourth-order valence-corrected chi connectivity index (χ4v) is 3.32. The lowest BCUT2D eigenvalue weighted by atomic mass is 9.93. The molecule has 144 valence electrons. The number of ether oxygens (including phenoxy) is 1. The number of nitrogens with one attached hydrogen (secondary N) is 1. The van der Waals surface area contributed by atoms with Gasteiger partial charge in [0.15, 0.2) is 0 Å². The van der Waals surface area contributed by atoms with Gasteiger partial charge >= 0.3 is 5.97 Å². The van der Waals surface area contributed by atoms with Gasteiger partial charge in [-0.2, -0.15) is 11.8 Å². The van der Waals surface area contributed by atoms with Crippen LogP contribution >= 0.6 is 11.8 Å². The molecule has 2 aromatic rings. The van der Waals surface area contributed by atoms with Gasteiger partial charge in [0.2, 0.25) is 0 Å². The van der Waals surface area contributed by atoms with E-state index in [-0.39, 0.29) is 12.5 Å². The van der Waals surface area contributed by atoms with E-state index in [1.165, 1.54) is 7.11 Å². The van der Waals surface area contributed by atoms with Gasteiger partial charge in [-0.3, -0.25) is 4.79 Å². The van der Waals surface area contributed by atoms with Crippen LogP contribution < -0.4 is 5.32 Å². The topological polar surface area (TPSA) is 75.6 Å². The number of thioether (sulfide) groups is 1. The van der Waals surface area contributed by atoms with Crippen molar-refractivity contribution in [3.05, 3.63) is 59.2 Å². The molecule has 0 aliphatic carbocycles. The average molecular weight is 388 g/mol. The molecule has 0 aromatic heterocycles. The third kappa shape index (κ3) is 5.34. The molecule has 0 spiro atoms. The maximum atomic E-state index is 13.0. The number of esters is 1. The van der Waals surface area contributed by atoms with Gasteiger partial charge in [-0.05, 0) is 59.7 Å². The summed E-state index contributed by atoms with van der Waals surface area (Å²) in [6, 6.07) is 12.3. The Labute approximate surface area is 164 Å². The monoisotopic (exact) mass is 387 g/mol. The van der Waals surface area contributed by atoms with Gasteiger partial charge in [0, 0.05) is 5.56 Å². The molecule has 27 heavy (non-hydrogen) atoms. The molecule has 1 atom stereocenters. The Bertz CT molecular complexity index is 807. The quantitative estimate of drug-likeness (QED) is 0.681. The van der Waals surface area contributed by atoms with Crippen LogP contribution in [0.15, 0.2) is 42.5 Å². The van der Waals surface area contributed by atoms with Gasteiger partial charge in [-0.25, -0.2) is 4.79 Å². The first kappa shape index (κ1) is 21.0. The Kier molecular flexibility index (Phi) is 7.88. The molecule has 0 heterocycles. The molecule has 0 saturated carbocycles. The second-order valence-corrected chi connectivity index (χ2v) is 7.17. The van der Waals surface area contributed by atoms with E-state index in [0.717, 1.165) is 28.0 Å². The summed E-state index contributed by atoms with van der Waals surface area (Å²) in [5, 5.41) is 12.3. The van der Waals surface area contributed by atoms with Crippen LogP contribution in [0.5, 0.6) is 0 Å². The zero-order chi connectivity index (χ0) is 19.8. The molecule has 0 bridgehead atoms. The van der Waals surface area contributed by atoms with Crippen LogP contribution in [-0.4, -0.2) is 42.1 Å². The van der Waals surface area contributed by atoms with E-state index in [1.54, 1.807) is 23.9 Å². The van der Waals surface area contributed by atoms with Gasteiger partial charge in [-0.1, -0.05) is 30.3 Å². The second kappa shape index (κ2) is 10.1. The van der Waals surface area contributed by atoms with Crippen LogP contribution in [0.2, 0.25) is 0 Å². The van der Waals surface area contributed by atoms with Crippen LogP contribution in [-0.2, 0) is 16.1 Å².